The van der Waals surface area contributed by atoms with Crippen molar-refractivity contribution in [2.75, 3.05) is 37.8 Å². The summed E-state index contributed by atoms with van der Waals surface area (Å²) in [6.07, 6.45) is 10.1. The van der Waals surface area contributed by atoms with Crippen molar-refractivity contribution in [2.24, 2.45) is 0 Å². The Morgan fingerprint density at radius 1 is 0.932 bits per heavy atom. The molecule has 0 aliphatic carbocycles. The molecule has 5 heterocycles. The van der Waals surface area contributed by atoms with Crippen molar-refractivity contribution < 1.29 is 4.39 Å². The number of nitrogens with one attached hydrogen (secondary N) is 4. The molecule has 0 saturated heterocycles. The first-order valence-electron chi connectivity index (χ1n) is 14.7. The third-order valence-electron chi connectivity index (χ3n) is 7.31. The fourth-order valence-corrected chi connectivity index (χ4v) is 5.06. The highest BCUT2D eigenvalue weighted by Gasteiger charge is 2.18. The van der Waals surface area contributed by atoms with Gasteiger partial charge in [0.15, 0.2) is 11.5 Å². The van der Waals surface area contributed by atoms with E-state index in [2.05, 4.69) is 54.2 Å². The number of unbranched alkanes of at least 4 members (excludes halogenated alkanes) is 1. The lowest BCUT2D eigenvalue weighted by atomic mass is 10.1. The Bertz CT molecular complexity index is 1940. The van der Waals surface area contributed by atoms with Gasteiger partial charge in [0.05, 0.1) is 40.3 Å². The van der Waals surface area contributed by atoms with E-state index in [1.54, 1.807) is 24.8 Å². The fraction of sp³-hybridized carbons (Fsp3) is 0.242. The van der Waals surface area contributed by atoms with Gasteiger partial charge in [-0.15, -0.1) is 0 Å². The first kappa shape index (κ1) is 28.9. The van der Waals surface area contributed by atoms with Gasteiger partial charge in [-0.2, -0.15) is 5.10 Å². The molecule has 0 bridgehead atoms. The van der Waals surface area contributed by atoms with E-state index in [-0.39, 0.29) is 5.82 Å². The predicted molar refractivity (Wildman–Crippen MR) is 175 cm³/mol. The molecular weight excluding hydrogens is 555 g/mol. The van der Waals surface area contributed by atoms with Gasteiger partial charge in [-0.3, -0.25) is 15.1 Å². The van der Waals surface area contributed by atoms with Gasteiger partial charge in [0.1, 0.15) is 11.3 Å². The van der Waals surface area contributed by atoms with E-state index in [9.17, 15) is 4.39 Å². The summed E-state index contributed by atoms with van der Waals surface area (Å²) in [6, 6.07) is 10.8. The van der Waals surface area contributed by atoms with Crippen LogP contribution < -0.4 is 10.6 Å². The van der Waals surface area contributed by atoms with E-state index < -0.39 is 0 Å². The minimum atomic E-state index is -0.336. The van der Waals surface area contributed by atoms with Crippen molar-refractivity contribution in [2.45, 2.75) is 26.2 Å². The lowest BCUT2D eigenvalue weighted by molar-refractivity contribution is 0.425. The number of benzene rings is 1. The van der Waals surface area contributed by atoms with Gasteiger partial charge >= 0.3 is 0 Å². The predicted octanol–water partition coefficient (Wildman–Crippen LogP) is 6.85. The lowest BCUT2D eigenvalue weighted by Crippen LogP contribution is -2.20. The Hall–Kier alpha value is -5.16. The molecule has 0 aliphatic rings. The van der Waals surface area contributed by atoms with Crippen molar-refractivity contribution >= 4 is 33.4 Å². The molecule has 0 radical (unpaired) electrons. The smallest absolute Gasteiger partial charge is 0.161 e. The largest absolute Gasteiger partial charge is 0.384 e. The van der Waals surface area contributed by atoms with Crippen LogP contribution in [0, 0.1) is 5.82 Å². The van der Waals surface area contributed by atoms with Crippen molar-refractivity contribution in [3.05, 3.63) is 79.3 Å². The molecule has 5 aromatic heterocycles. The third-order valence-corrected chi connectivity index (χ3v) is 7.31. The Labute approximate surface area is 254 Å². The second-order valence-electron chi connectivity index (χ2n) is 11.1. The molecule has 0 saturated carbocycles. The van der Waals surface area contributed by atoms with Crippen molar-refractivity contribution in [1.82, 2.24) is 40.0 Å². The summed E-state index contributed by atoms with van der Waals surface area (Å²) in [7, 11) is 4.00. The van der Waals surface area contributed by atoms with Gasteiger partial charge < -0.3 is 20.5 Å². The number of hydrogen-bond donors (Lipinski definition) is 4. The highest BCUT2D eigenvalue weighted by atomic mass is 19.1. The number of H-pyrrole nitrogens is 2. The number of aromatic amines is 2. The molecule has 0 fully saturated rings. The van der Waals surface area contributed by atoms with E-state index in [1.165, 1.54) is 12.1 Å². The molecule has 44 heavy (non-hydrogen) atoms. The summed E-state index contributed by atoms with van der Waals surface area (Å²) < 4.78 is 14.7. The summed E-state index contributed by atoms with van der Waals surface area (Å²) in [6.45, 7) is 7.81. The van der Waals surface area contributed by atoms with Crippen molar-refractivity contribution in [3.63, 3.8) is 0 Å². The molecule has 0 unspecified atom stereocenters. The minimum Gasteiger partial charge on any atom is -0.384 e. The molecular formula is C33H35FN10. The molecule has 0 spiro atoms. The molecule has 11 heteroatoms. The van der Waals surface area contributed by atoms with Crippen LogP contribution in [-0.2, 0) is 0 Å². The second-order valence-corrected chi connectivity index (χ2v) is 11.1. The minimum absolute atomic E-state index is 0.336. The van der Waals surface area contributed by atoms with Crippen molar-refractivity contribution in [3.8, 4) is 33.9 Å². The first-order chi connectivity index (χ1) is 21.4. The summed E-state index contributed by atoms with van der Waals surface area (Å²) >= 11 is 0. The zero-order valence-electron chi connectivity index (χ0n) is 25.1. The van der Waals surface area contributed by atoms with Crippen LogP contribution in [0.2, 0.25) is 0 Å². The summed E-state index contributed by atoms with van der Waals surface area (Å²) in [4.78, 5) is 24.1. The van der Waals surface area contributed by atoms with E-state index in [0.717, 1.165) is 54.0 Å². The maximum absolute atomic E-state index is 14.7. The number of hydrogen-bond acceptors (Lipinski definition) is 8. The van der Waals surface area contributed by atoms with Crippen LogP contribution in [-0.4, -0.2) is 67.2 Å². The second kappa shape index (κ2) is 12.6. The van der Waals surface area contributed by atoms with Gasteiger partial charge in [0, 0.05) is 48.0 Å². The van der Waals surface area contributed by atoms with E-state index >= 15 is 0 Å². The first-order valence-corrected chi connectivity index (χ1v) is 14.7. The fourth-order valence-electron chi connectivity index (χ4n) is 5.06. The normalized spacial score (nSPS) is 11.5. The molecule has 6 rings (SSSR count). The SMILES string of the molecule is C=C(CCCC)Nc1cncc(-c2ccc3[nH]nc(-c4nc5c(-c6cc(F)cc(NCCN(C)C)c6)cncc5[nH]4)c3n2)c1. The number of imidazole rings is 1. The van der Waals surface area contributed by atoms with Gasteiger partial charge in [-0.05, 0) is 68.9 Å². The quantitative estimate of drug-likeness (QED) is 0.122. The standard InChI is InChI=1S/C33H35FN10/c1-5-6-7-20(2)38-25-14-22(16-35-17-25)27-8-9-28-31(39-27)32(43-42-28)33-40-29-19-36-18-26(30(29)41-33)21-12-23(34)15-24(13-21)37-10-11-44(3)4/h8-9,12-19,37-38H,2,5-7,10-11H2,1,3-4H3,(H,40,41)(H,42,43). The Morgan fingerprint density at radius 3 is 2.61 bits per heavy atom. The van der Waals surface area contributed by atoms with Crippen LogP contribution in [0.1, 0.15) is 26.2 Å². The number of anilines is 2. The van der Waals surface area contributed by atoms with Crippen LogP contribution in [0.25, 0.3) is 56.0 Å². The van der Waals surface area contributed by atoms with E-state index in [0.29, 0.717) is 51.4 Å². The number of rotatable bonds is 12. The number of halogens is 1. The van der Waals surface area contributed by atoms with Crippen LogP contribution in [0.3, 0.4) is 0 Å². The maximum atomic E-state index is 14.7. The van der Waals surface area contributed by atoms with E-state index in [1.807, 2.05) is 38.4 Å². The van der Waals surface area contributed by atoms with Gasteiger partial charge in [0.2, 0.25) is 0 Å². The van der Waals surface area contributed by atoms with E-state index in [4.69, 9.17) is 9.97 Å². The summed E-state index contributed by atoms with van der Waals surface area (Å²) in [5.41, 5.74) is 8.92. The van der Waals surface area contributed by atoms with Crippen molar-refractivity contribution in [1.29, 1.82) is 0 Å². The number of aromatic nitrogens is 7. The average Bonchev–Trinajstić information content (AvgIpc) is 3.63. The number of fused-ring (bicyclic) bond motifs is 2. The number of pyridine rings is 3. The average molecular weight is 591 g/mol. The monoisotopic (exact) mass is 590 g/mol. The van der Waals surface area contributed by atoms with Gasteiger partial charge in [-0.25, -0.2) is 14.4 Å². The number of likely N-dealkylation sites (N-methyl/N-ethyl adjacent to an activating group) is 1. The van der Waals surface area contributed by atoms with Gasteiger partial charge in [-0.1, -0.05) is 19.9 Å². The number of nitrogens with zero attached hydrogens (tertiary/aromatic N) is 6. The summed E-state index contributed by atoms with van der Waals surface area (Å²) in [5, 5.41) is 14.3. The highest BCUT2D eigenvalue weighted by Crippen LogP contribution is 2.33. The molecule has 6 aromatic rings. The Morgan fingerprint density at radius 2 is 1.77 bits per heavy atom. The zero-order valence-corrected chi connectivity index (χ0v) is 25.1. The van der Waals surface area contributed by atoms with Crippen LogP contribution in [0.15, 0.2) is 73.5 Å². The molecule has 10 nitrogen and oxygen atoms in total. The number of allylic oxidation sites excluding steroid dienone is 1. The summed E-state index contributed by atoms with van der Waals surface area (Å²) in [5.74, 6) is 0.198. The zero-order chi connectivity index (χ0) is 30.6. The topological polar surface area (TPSA) is 123 Å². The maximum Gasteiger partial charge on any atom is 0.161 e. The molecule has 4 N–H and O–H groups in total. The molecule has 224 valence electrons. The van der Waals surface area contributed by atoms with Gasteiger partial charge in [0.25, 0.3) is 0 Å². The molecule has 0 amide bonds. The van der Waals surface area contributed by atoms with Crippen LogP contribution in [0.5, 0.6) is 0 Å². The Kier molecular flexibility index (Phi) is 8.29. The lowest BCUT2D eigenvalue weighted by Gasteiger charge is -2.12. The van der Waals surface area contributed by atoms with Crippen LogP contribution >= 0.6 is 0 Å². The van der Waals surface area contributed by atoms with Crippen LogP contribution in [0.4, 0.5) is 15.8 Å². The Balaban J connectivity index is 1.33. The molecule has 0 aliphatic heterocycles. The molecule has 0 atom stereocenters. The molecule has 1 aromatic carbocycles. The third kappa shape index (κ3) is 6.28. The highest BCUT2D eigenvalue weighted by molar-refractivity contribution is 5.96.